The highest BCUT2D eigenvalue weighted by molar-refractivity contribution is 5.45. The van der Waals surface area contributed by atoms with E-state index >= 15 is 0 Å². The number of hydrogen-bond donors (Lipinski definition) is 1. The van der Waals surface area contributed by atoms with E-state index < -0.39 is 12.0 Å². The molecule has 1 N–H and O–H groups in total. The molecule has 3 rings (SSSR count). The molecular formula is C16H15F4N5. The van der Waals surface area contributed by atoms with Crippen molar-refractivity contribution in [3.63, 3.8) is 0 Å². The van der Waals surface area contributed by atoms with Gasteiger partial charge in [-0.2, -0.15) is 22.7 Å². The molecule has 2 aromatic heterocycles. The van der Waals surface area contributed by atoms with Crippen LogP contribution < -0.4 is 5.32 Å². The Hall–Kier alpha value is -2.71. The van der Waals surface area contributed by atoms with E-state index in [0.717, 1.165) is 10.1 Å². The largest absolute Gasteiger partial charge is 0.453 e. The van der Waals surface area contributed by atoms with Gasteiger partial charge in [-0.05, 0) is 37.5 Å². The first-order valence-corrected chi connectivity index (χ1v) is 7.63. The highest BCUT2D eigenvalue weighted by Gasteiger charge is 2.36. The second-order valence-electron chi connectivity index (χ2n) is 5.59. The predicted molar refractivity (Wildman–Crippen MR) is 83.7 cm³/mol. The Balaban J connectivity index is 1.71. The van der Waals surface area contributed by atoms with Gasteiger partial charge in [-0.25, -0.2) is 9.37 Å². The third kappa shape index (κ3) is 4.04. The summed E-state index contributed by atoms with van der Waals surface area (Å²) in [6, 6.07) is 7.90. The zero-order valence-electron chi connectivity index (χ0n) is 13.3. The Morgan fingerprint density at radius 1 is 1.16 bits per heavy atom. The van der Waals surface area contributed by atoms with Crippen LogP contribution in [0.1, 0.15) is 23.5 Å². The van der Waals surface area contributed by atoms with Crippen LogP contribution in [0.15, 0.2) is 30.3 Å². The molecule has 0 saturated heterocycles. The highest BCUT2D eigenvalue weighted by atomic mass is 19.4. The van der Waals surface area contributed by atoms with Crippen LogP contribution in [0.3, 0.4) is 0 Å². The second kappa shape index (κ2) is 6.66. The molecule has 0 bridgehead atoms. The minimum atomic E-state index is -4.63. The zero-order chi connectivity index (χ0) is 18.0. The number of halogens is 4. The molecule has 0 unspecified atom stereocenters. The fourth-order valence-electron chi connectivity index (χ4n) is 2.43. The number of rotatable bonds is 5. The lowest BCUT2D eigenvalue weighted by molar-refractivity contribution is -0.144. The Bertz CT molecular complexity index is 888. The number of nitrogens with zero attached hydrogens (tertiary/aromatic N) is 4. The molecule has 25 heavy (non-hydrogen) atoms. The quantitative estimate of drug-likeness (QED) is 0.562. The lowest BCUT2D eigenvalue weighted by atomic mass is 10.1. The molecule has 0 amide bonds. The van der Waals surface area contributed by atoms with E-state index in [1.165, 1.54) is 12.1 Å². The van der Waals surface area contributed by atoms with Crippen molar-refractivity contribution in [2.24, 2.45) is 0 Å². The summed E-state index contributed by atoms with van der Waals surface area (Å²) in [5.74, 6) is -1.25. The van der Waals surface area contributed by atoms with Crippen molar-refractivity contribution in [2.45, 2.75) is 25.9 Å². The molecule has 0 atom stereocenters. The molecule has 3 aromatic rings. The van der Waals surface area contributed by atoms with Gasteiger partial charge in [0.25, 0.3) is 11.6 Å². The number of alkyl halides is 3. The Kier molecular flexibility index (Phi) is 4.56. The molecule has 0 aliphatic carbocycles. The average molecular weight is 353 g/mol. The SMILES string of the molecule is Cc1cc(NCCCc2cccc(F)c2)n2nc(C(F)(F)F)nc2n1. The molecule has 0 saturated carbocycles. The fourth-order valence-corrected chi connectivity index (χ4v) is 2.43. The molecule has 0 radical (unpaired) electrons. The van der Waals surface area contributed by atoms with Gasteiger partial charge in [0.2, 0.25) is 0 Å². The van der Waals surface area contributed by atoms with Crippen molar-refractivity contribution in [3.05, 3.63) is 53.2 Å². The molecule has 5 nitrogen and oxygen atoms in total. The van der Waals surface area contributed by atoms with Crippen LogP contribution in [-0.4, -0.2) is 26.1 Å². The van der Waals surface area contributed by atoms with Gasteiger partial charge < -0.3 is 5.32 Å². The Labute approximate surface area is 140 Å². The van der Waals surface area contributed by atoms with Crippen LogP contribution in [0.25, 0.3) is 5.78 Å². The van der Waals surface area contributed by atoms with Gasteiger partial charge in [-0.15, -0.1) is 5.10 Å². The van der Waals surface area contributed by atoms with E-state index in [1.54, 1.807) is 19.1 Å². The first-order chi connectivity index (χ1) is 11.8. The molecular weight excluding hydrogens is 338 g/mol. The van der Waals surface area contributed by atoms with Crippen LogP contribution in [-0.2, 0) is 12.6 Å². The number of fused-ring (bicyclic) bond motifs is 1. The summed E-state index contributed by atoms with van der Waals surface area (Å²) in [5.41, 5.74) is 1.39. The summed E-state index contributed by atoms with van der Waals surface area (Å²) >= 11 is 0. The van der Waals surface area contributed by atoms with E-state index in [4.69, 9.17) is 0 Å². The number of benzene rings is 1. The van der Waals surface area contributed by atoms with E-state index in [2.05, 4.69) is 20.4 Å². The molecule has 132 valence electrons. The van der Waals surface area contributed by atoms with Gasteiger partial charge in [-0.1, -0.05) is 12.1 Å². The van der Waals surface area contributed by atoms with Crippen molar-refractivity contribution in [1.82, 2.24) is 19.6 Å². The normalized spacial score (nSPS) is 11.9. The summed E-state index contributed by atoms with van der Waals surface area (Å²) in [7, 11) is 0. The maximum Gasteiger partial charge on any atom is 0.453 e. The predicted octanol–water partition coefficient (Wildman–Crippen LogP) is 3.64. The van der Waals surface area contributed by atoms with E-state index in [9.17, 15) is 17.6 Å². The number of aromatic nitrogens is 4. The van der Waals surface area contributed by atoms with Gasteiger partial charge >= 0.3 is 6.18 Å². The van der Waals surface area contributed by atoms with Crippen molar-refractivity contribution in [1.29, 1.82) is 0 Å². The molecule has 0 aliphatic heterocycles. The minimum Gasteiger partial charge on any atom is -0.370 e. The molecule has 0 fully saturated rings. The van der Waals surface area contributed by atoms with E-state index in [1.807, 2.05) is 6.07 Å². The number of hydrogen-bond acceptors (Lipinski definition) is 4. The summed E-state index contributed by atoms with van der Waals surface area (Å²) in [5, 5.41) is 6.52. The van der Waals surface area contributed by atoms with Crippen LogP contribution in [0, 0.1) is 12.7 Å². The number of nitrogens with one attached hydrogen (secondary N) is 1. The maximum absolute atomic E-state index is 13.1. The lowest BCUT2D eigenvalue weighted by Crippen LogP contribution is -2.10. The van der Waals surface area contributed by atoms with Crippen molar-refractivity contribution in [3.8, 4) is 0 Å². The van der Waals surface area contributed by atoms with Crippen molar-refractivity contribution < 1.29 is 17.6 Å². The lowest BCUT2D eigenvalue weighted by Gasteiger charge is -2.08. The Morgan fingerprint density at radius 3 is 2.68 bits per heavy atom. The third-order valence-corrected chi connectivity index (χ3v) is 3.53. The first kappa shape index (κ1) is 17.1. The van der Waals surface area contributed by atoms with Gasteiger partial charge in [0.05, 0.1) is 0 Å². The van der Waals surface area contributed by atoms with Crippen LogP contribution in [0.5, 0.6) is 0 Å². The zero-order valence-corrected chi connectivity index (χ0v) is 13.3. The molecule has 9 heteroatoms. The first-order valence-electron chi connectivity index (χ1n) is 7.63. The van der Waals surface area contributed by atoms with Gasteiger partial charge in [0, 0.05) is 18.3 Å². The molecule has 1 aromatic carbocycles. The third-order valence-electron chi connectivity index (χ3n) is 3.53. The molecule has 0 aliphatic rings. The Morgan fingerprint density at radius 2 is 1.96 bits per heavy atom. The standard InChI is InChI=1S/C16H15F4N5/c1-10-8-13(21-7-3-5-11-4-2-6-12(17)9-11)25-15(22-10)23-14(24-25)16(18,19)20/h2,4,6,8-9,21H,3,5,7H2,1H3. The second-order valence-corrected chi connectivity index (χ2v) is 5.59. The summed E-state index contributed by atoms with van der Waals surface area (Å²) in [6.45, 7) is 2.15. The van der Waals surface area contributed by atoms with E-state index in [0.29, 0.717) is 30.9 Å². The van der Waals surface area contributed by atoms with Gasteiger partial charge in [0.1, 0.15) is 11.6 Å². The maximum atomic E-state index is 13.1. The van der Waals surface area contributed by atoms with Crippen molar-refractivity contribution in [2.75, 3.05) is 11.9 Å². The summed E-state index contributed by atoms with van der Waals surface area (Å²) < 4.78 is 52.5. The van der Waals surface area contributed by atoms with Gasteiger partial charge in [-0.3, -0.25) is 0 Å². The van der Waals surface area contributed by atoms with Crippen molar-refractivity contribution >= 4 is 11.6 Å². The molecule has 2 heterocycles. The van der Waals surface area contributed by atoms with E-state index in [-0.39, 0.29) is 11.6 Å². The smallest absolute Gasteiger partial charge is 0.370 e. The average Bonchev–Trinajstić information content (AvgIpc) is 2.95. The topological polar surface area (TPSA) is 55.1 Å². The fraction of sp³-hybridized carbons (Fsp3) is 0.312. The van der Waals surface area contributed by atoms with Crippen LogP contribution in [0.2, 0.25) is 0 Å². The molecule has 0 spiro atoms. The number of aryl methyl sites for hydroxylation is 2. The highest BCUT2D eigenvalue weighted by Crippen LogP contribution is 2.27. The van der Waals surface area contributed by atoms with Crippen LogP contribution >= 0.6 is 0 Å². The van der Waals surface area contributed by atoms with Crippen LogP contribution in [0.4, 0.5) is 23.4 Å². The summed E-state index contributed by atoms with van der Waals surface area (Å²) in [6.07, 6.45) is -3.31. The van der Waals surface area contributed by atoms with Gasteiger partial charge in [0.15, 0.2) is 0 Å². The minimum absolute atomic E-state index is 0.111. The monoisotopic (exact) mass is 353 g/mol. The number of anilines is 1. The summed E-state index contributed by atoms with van der Waals surface area (Å²) in [4.78, 5) is 7.39.